The minimum absolute atomic E-state index is 0.468. The van der Waals surface area contributed by atoms with Crippen LogP contribution in [0, 0.1) is 11.5 Å². The molecule has 1 rings (SSSR count). The number of likely N-dealkylation sites (tertiary alicyclic amines) is 1. The van der Waals surface area contributed by atoms with Crippen LogP contribution in [0.5, 0.6) is 0 Å². The fraction of sp³-hybridized carbons (Fsp3) is 0.875. The standard InChI is InChI=1S/C8H15N3/c1-10(2)6-8-4-3-5-11(8)7-9/h8H,3-6H2,1-2H3. The molecule has 0 N–H and O–H groups in total. The molecule has 0 saturated carbocycles. The van der Waals surface area contributed by atoms with E-state index in [1.165, 1.54) is 12.8 Å². The molecule has 1 heterocycles. The van der Waals surface area contributed by atoms with Gasteiger partial charge in [0.1, 0.15) is 0 Å². The fourth-order valence-corrected chi connectivity index (χ4v) is 1.58. The van der Waals surface area contributed by atoms with Crippen molar-refractivity contribution in [3.8, 4) is 6.19 Å². The summed E-state index contributed by atoms with van der Waals surface area (Å²) in [6.45, 7) is 1.96. The third kappa shape index (κ3) is 2.09. The fourth-order valence-electron chi connectivity index (χ4n) is 1.58. The predicted octanol–water partition coefficient (Wildman–Crippen LogP) is 0.493. The van der Waals surface area contributed by atoms with Gasteiger partial charge in [0.05, 0.1) is 6.04 Å². The Morgan fingerprint density at radius 2 is 2.36 bits per heavy atom. The second-order valence-corrected chi connectivity index (χ2v) is 3.35. The monoisotopic (exact) mass is 153 g/mol. The highest BCUT2D eigenvalue weighted by Crippen LogP contribution is 2.15. The number of nitrogens with zero attached hydrogens (tertiary/aromatic N) is 3. The van der Waals surface area contributed by atoms with Crippen molar-refractivity contribution in [3.05, 3.63) is 0 Å². The molecule has 3 nitrogen and oxygen atoms in total. The first-order valence-corrected chi connectivity index (χ1v) is 4.05. The lowest BCUT2D eigenvalue weighted by molar-refractivity contribution is 0.274. The molecule has 0 aliphatic carbocycles. The van der Waals surface area contributed by atoms with E-state index >= 15 is 0 Å². The SMILES string of the molecule is CN(C)CC1CCCN1C#N. The van der Waals surface area contributed by atoms with Crippen LogP contribution >= 0.6 is 0 Å². The van der Waals surface area contributed by atoms with E-state index in [0.29, 0.717) is 6.04 Å². The molecule has 62 valence electrons. The smallest absolute Gasteiger partial charge is 0.179 e. The Balaban J connectivity index is 2.39. The molecule has 11 heavy (non-hydrogen) atoms. The summed E-state index contributed by atoms with van der Waals surface area (Å²) in [7, 11) is 4.10. The first kappa shape index (κ1) is 8.35. The third-order valence-electron chi connectivity index (χ3n) is 2.08. The van der Waals surface area contributed by atoms with Crippen LogP contribution in [0.3, 0.4) is 0 Å². The molecule has 1 saturated heterocycles. The summed E-state index contributed by atoms with van der Waals surface area (Å²) >= 11 is 0. The molecule has 3 heteroatoms. The topological polar surface area (TPSA) is 30.3 Å². The van der Waals surface area contributed by atoms with Gasteiger partial charge >= 0.3 is 0 Å². The van der Waals surface area contributed by atoms with Crippen molar-refractivity contribution in [3.63, 3.8) is 0 Å². The quantitative estimate of drug-likeness (QED) is 0.541. The van der Waals surface area contributed by atoms with Crippen LogP contribution in [0.1, 0.15) is 12.8 Å². The van der Waals surface area contributed by atoms with Crippen LogP contribution in [0.4, 0.5) is 0 Å². The van der Waals surface area contributed by atoms with Crippen LogP contribution < -0.4 is 0 Å². The van der Waals surface area contributed by atoms with Gasteiger partial charge in [0.15, 0.2) is 6.19 Å². The summed E-state index contributed by atoms with van der Waals surface area (Å²) in [5.41, 5.74) is 0. The van der Waals surface area contributed by atoms with Gasteiger partial charge in [0.2, 0.25) is 0 Å². The zero-order chi connectivity index (χ0) is 8.27. The second-order valence-electron chi connectivity index (χ2n) is 3.35. The van der Waals surface area contributed by atoms with Crippen molar-refractivity contribution < 1.29 is 0 Å². The number of rotatable bonds is 2. The molecule has 1 aliphatic heterocycles. The first-order chi connectivity index (χ1) is 5.24. The third-order valence-corrected chi connectivity index (χ3v) is 2.08. The van der Waals surface area contributed by atoms with Gasteiger partial charge in [-0.25, -0.2) is 0 Å². The second kappa shape index (κ2) is 3.59. The molecule has 0 amide bonds. The molecule has 0 aromatic heterocycles. The Morgan fingerprint density at radius 1 is 1.64 bits per heavy atom. The number of nitriles is 1. The minimum Gasteiger partial charge on any atom is -0.307 e. The molecular weight excluding hydrogens is 138 g/mol. The zero-order valence-corrected chi connectivity index (χ0v) is 7.25. The van der Waals surface area contributed by atoms with Gasteiger partial charge in [0.25, 0.3) is 0 Å². The number of likely N-dealkylation sites (N-methyl/N-ethyl adjacent to an activating group) is 1. The largest absolute Gasteiger partial charge is 0.307 e. The van der Waals surface area contributed by atoms with E-state index < -0.39 is 0 Å². The summed E-state index contributed by atoms with van der Waals surface area (Å²) in [5.74, 6) is 0. The summed E-state index contributed by atoms with van der Waals surface area (Å²) in [6, 6.07) is 0.468. The van der Waals surface area contributed by atoms with Gasteiger partial charge in [-0.15, -0.1) is 0 Å². The molecule has 0 bridgehead atoms. The minimum atomic E-state index is 0.468. The van der Waals surface area contributed by atoms with Crippen LogP contribution in [0.2, 0.25) is 0 Å². The van der Waals surface area contributed by atoms with Crippen LogP contribution in [-0.4, -0.2) is 43.0 Å². The Bertz CT molecular complexity index is 159. The molecular formula is C8H15N3. The molecule has 0 aromatic rings. The van der Waals surface area contributed by atoms with Crippen molar-refractivity contribution in [2.45, 2.75) is 18.9 Å². The highest BCUT2D eigenvalue weighted by atomic mass is 15.2. The molecule has 0 spiro atoms. The Kier molecular flexibility index (Phi) is 2.72. The molecule has 1 atom stereocenters. The van der Waals surface area contributed by atoms with Gasteiger partial charge in [-0.05, 0) is 26.9 Å². The molecule has 1 aliphatic rings. The lowest BCUT2D eigenvalue weighted by atomic mass is 10.2. The lowest BCUT2D eigenvalue weighted by Gasteiger charge is -2.21. The van der Waals surface area contributed by atoms with E-state index in [4.69, 9.17) is 5.26 Å². The van der Waals surface area contributed by atoms with Gasteiger partial charge in [-0.2, -0.15) is 5.26 Å². The first-order valence-electron chi connectivity index (χ1n) is 4.05. The molecule has 1 fully saturated rings. The van der Waals surface area contributed by atoms with Crippen molar-refractivity contribution in [2.24, 2.45) is 0 Å². The summed E-state index contributed by atoms with van der Waals surface area (Å²) < 4.78 is 0. The number of hydrogen-bond acceptors (Lipinski definition) is 3. The average molecular weight is 153 g/mol. The van der Waals surface area contributed by atoms with Crippen molar-refractivity contribution in [1.29, 1.82) is 5.26 Å². The summed E-state index contributed by atoms with van der Waals surface area (Å²) in [6.07, 6.45) is 4.57. The van der Waals surface area contributed by atoms with Gasteiger partial charge in [0, 0.05) is 13.1 Å². The van der Waals surface area contributed by atoms with Crippen molar-refractivity contribution >= 4 is 0 Å². The zero-order valence-electron chi connectivity index (χ0n) is 7.25. The Morgan fingerprint density at radius 3 is 2.91 bits per heavy atom. The maximum atomic E-state index is 8.71. The van der Waals surface area contributed by atoms with E-state index in [2.05, 4.69) is 11.1 Å². The van der Waals surface area contributed by atoms with Crippen LogP contribution in [0.25, 0.3) is 0 Å². The normalized spacial score (nSPS) is 24.2. The average Bonchev–Trinajstić information content (AvgIpc) is 2.34. The Hall–Kier alpha value is -0.750. The van der Waals surface area contributed by atoms with E-state index in [0.717, 1.165) is 13.1 Å². The van der Waals surface area contributed by atoms with Crippen LogP contribution in [-0.2, 0) is 0 Å². The highest BCUT2D eigenvalue weighted by molar-refractivity contribution is 4.88. The van der Waals surface area contributed by atoms with E-state index in [-0.39, 0.29) is 0 Å². The molecule has 0 radical (unpaired) electrons. The van der Waals surface area contributed by atoms with Gasteiger partial charge in [-0.3, -0.25) is 0 Å². The molecule has 1 unspecified atom stereocenters. The van der Waals surface area contributed by atoms with Gasteiger partial charge < -0.3 is 9.80 Å². The van der Waals surface area contributed by atoms with Crippen LogP contribution in [0.15, 0.2) is 0 Å². The summed E-state index contributed by atoms with van der Waals surface area (Å²) in [4.78, 5) is 4.03. The van der Waals surface area contributed by atoms with E-state index in [1.807, 2.05) is 19.0 Å². The van der Waals surface area contributed by atoms with E-state index in [9.17, 15) is 0 Å². The predicted molar refractivity (Wildman–Crippen MR) is 43.9 cm³/mol. The summed E-state index contributed by atoms with van der Waals surface area (Å²) in [5, 5.41) is 8.71. The lowest BCUT2D eigenvalue weighted by Crippen LogP contribution is -2.34. The highest BCUT2D eigenvalue weighted by Gasteiger charge is 2.23. The molecule has 0 aromatic carbocycles. The van der Waals surface area contributed by atoms with Gasteiger partial charge in [-0.1, -0.05) is 0 Å². The maximum Gasteiger partial charge on any atom is 0.179 e. The van der Waals surface area contributed by atoms with E-state index in [1.54, 1.807) is 0 Å². The van der Waals surface area contributed by atoms with Crippen molar-refractivity contribution in [1.82, 2.24) is 9.80 Å². The van der Waals surface area contributed by atoms with Crippen molar-refractivity contribution in [2.75, 3.05) is 27.2 Å². The Labute approximate surface area is 68.2 Å². The number of hydrogen-bond donors (Lipinski definition) is 0. The maximum absolute atomic E-state index is 8.71.